The van der Waals surface area contributed by atoms with Crippen LogP contribution in [-0.2, 0) is 4.79 Å². The van der Waals surface area contributed by atoms with Crippen LogP contribution in [0.3, 0.4) is 0 Å². The van der Waals surface area contributed by atoms with Gasteiger partial charge in [0.05, 0.1) is 0 Å². The van der Waals surface area contributed by atoms with Gasteiger partial charge in [-0.1, -0.05) is 13.8 Å². The molecule has 2 heterocycles. The Hall–Kier alpha value is -0.650. The Bertz CT molecular complexity index is 411. The number of nitrogens with one attached hydrogen (secondary N) is 1. The summed E-state index contributed by atoms with van der Waals surface area (Å²) in [6.45, 7) is 13.7. The minimum absolute atomic E-state index is 0.107. The molecule has 132 valence electrons. The Morgan fingerprint density at radius 2 is 1.74 bits per heavy atom. The summed E-state index contributed by atoms with van der Waals surface area (Å²) in [4.78, 5) is 19.5. The molecule has 0 bridgehead atoms. The molecule has 3 fully saturated rings. The summed E-state index contributed by atoms with van der Waals surface area (Å²) in [5.41, 5.74) is 0.511. The van der Waals surface area contributed by atoms with Crippen LogP contribution in [0.5, 0.6) is 0 Å². The largest absolute Gasteiger partial charge is 0.353 e. The van der Waals surface area contributed by atoms with Gasteiger partial charge in [0.1, 0.15) is 0 Å². The Kier molecular flexibility index (Phi) is 5.29. The molecular weight excluding hydrogens is 288 g/mol. The monoisotopic (exact) mass is 322 g/mol. The predicted octanol–water partition coefficient (Wildman–Crippen LogP) is 0.861. The molecule has 1 amide bonds. The number of hydrogen-bond acceptors (Lipinski definition) is 4. The molecule has 3 aliphatic rings. The number of carbonyl (C=O) groups is 1. The standard InChI is InChI=1S/C18H34N4O/c1-15(2)17(23)19-16-12-18(13-16)4-5-22(14-18)11-10-21-8-6-20(3)7-9-21/h15-16H,4-14H2,1-3H3,(H,19,23). The molecule has 1 saturated carbocycles. The van der Waals surface area contributed by atoms with Crippen LogP contribution in [0.2, 0.25) is 0 Å². The third kappa shape index (κ3) is 4.25. The first-order valence-electron chi connectivity index (χ1n) is 9.39. The van der Waals surface area contributed by atoms with E-state index in [1.165, 1.54) is 71.6 Å². The van der Waals surface area contributed by atoms with Gasteiger partial charge in [-0.15, -0.1) is 0 Å². The number of piperazine rings is 1. The summed E-state index contributed by atoms with van der Waals surface area (Å²) in [5.74, 6) is 0.324. The Labute approximate surface area is 141 Å². The summed E-state index contributed by atoms with van der Waals surface area (Å²) in [5, 5.41) is 3.20. The van der Waals surface area contributed by atoms with Gasteiger partial charge in [0.25, 0.3) is 0 Å². The van der Waals surface area contributed by atoms with Gasteiger partial charge in [-0.2, -0.15) is 0 Å². The van der Waals surface area contributed by atoms with Crippen LogP contribution in [-0.4, -0.2) is 86.1 Å². The fourth-order valence-corrected chi connectivity index (χ4v) is 4.36. The van der Waals surface area contributed by atoms with Gasteiger partial charge in [-0.3, -0.25) is 9.69 Å². The maximum absolute atomic E-state index is 11.8. The van der Waals surface area contributed by atoms with Crippen molar-refractivity contribution in [3.05, 3.63) is 0 Å². The molecule has 2 saturated heterocycles. The zero-order chi connectivity index (χ0) is 16.4. The van der Waals surface area contributed by atoms with Crippen LogP contribution in [0.25, 0.3) is 0 Å². The van der Waals surface area contributed by atoms with Gasteiger partial charge >= 0.3 is 0 Å². The average Bonchev–Trinajstić information content (AvgIpc) is 2.90. The minimum Gasteiger partial charge on any atom is -0.353 e. The van der Waals surface area contributed by atoms with Crippen molar-refractivity contribution in [1.82, 2.24) is 20.0 Å². The summed E-state index contributed by atoms with van der Waals surface area (Å²) in [6.07, 6.45) is 3.71. The van der Waals surface area contributed by atoms with Gasteiger partial charge in [0.2, 0.25) is 5.91 Å². The fraction of sp³-hybridized carbons (Fsp3) is 0.944. The Morgan fingerprint density at radius 1 is 1.09 bits per heavy atom. The van der Waals surface area contributed by atoms with Gasteiger partial charge in [-0.25, -0.2) is 0 Å². The molecule has 0 aromatic carbocycles. The van der Waals surface area contributed by atoms with Crippen molar-refractivity contribution in [3.63, 3.8) is 0 Å². The van der Waals surface area contributed by atoms with Crippen molar-refractivity contribution in [2.45, 2.75) is 39.2 Å². The number of carbonyl (C=O) groups excluding carboxylic acids is 1. The van der Waals surface area contributed by atoms with E-state index in [9.17, 15) is 4.79 Å². The molecule has 23 heavy (non-hydrogen) atoms. The molecule has 0 radical (unpaired) electrons. The van der Waals surface area contributed by atoms with E-state index in [0.29, 0.717) is 11.5 Å². The Balaban J connectivity index is 1.34. The number of hydrogen-bond donors (Lipinski definition) is 1. The predicted molar refractivity (Wildman–Crippen MR) is 93.4 cm³/mol. The second-order valence-corrected chi connectivity index (χ2v) is 8.44. The molecule has 0 atom stereocenters. The summed E-state index contributed by atoms with van der Waals surface area (Å²) in [7, 11) is 2.21. The minimum atomic E-state index is 0.107. The van der Waals surface area contributed by atoms with Crippen molar-refractivity contribution < 1.29 is 4.79 Å². The van der Waals surface area contributed by atoms with E-state index in [1.54, 1.807) is 0 Å². The Morgan fingerprint density at radius 3 is 2.39 bits per heavy atom. The zero-order valence-corrected chi connectivity index (χ0v) is 15.2. The molecule has 1 N–H and O–H groups in total. The van der Waals surface area contributed by atoms with Gasteiger partial charge in [0, 0.05) is 57.8 Å². The fourth-order valence-electron chi connectivity index (χ4n) is 4.36. The quantitative estimate of drug-likeness (QED) is 0.815. The molecule has 5 nitrogen and oxygen atoms in total. The first-order valence-corrected chi connectivity index (χ1v) is 9.39. The topological polar surface area (TPSA) is 38.8 Å². The highest BCUT2D eigenvalue weighted by Gasteiger charge is 2.48. The van der Waals surface area contributed by atoms with Gasteiger partial charge in [-0.05, 0) is 38.3 Å². The zero-order valence-electron chi connectivity index (χ0n) is 15.2. The third-order valence-electron chi connectivity index (χ3n) is 6.08. The number of amides is 1. The highest BCUT2D eigenvalue weighted by molar-refractivity contribution is 5.78. The maximum atomic E-state index is 11.8. The lowest BCUT2D eigenvalue weighted by Crippen LogP contribution is -2.53. The van der Waals surface area contributed by atoms with E-state index in [0.717, 1.165) is 0 Å². The molecule has 2 aliphatic heterocycles. The highest BCUT2D eigenvalue weighted by atomic mass is 16.1. The van der Waals surface area contributed by atoms with Gasteiger partial charge < -0.3 is 15.1 Å². The van der Waals surface area contributed by atoms with Crippen molar-refractivity contribution in [2.75, 3.05) is 59.4 Å². The maximum Gasteiger partial charge on any atom is 0.222 e. The number of rotatable bonds is 5. The molecule has 0 unspecified atom stereocenters. The van der Waals surface area contributed by atoms with Crippen molar-refractivity contribution in [1.29, 1.82) is 0 Å². The van der Waals surface area contributed by atoms with Crippen LogP contribution in [0.15, 0.2) is 0 Å². The van der Waals surface area contributed by atoms with E-state index in [1.807, 2.05) is 13.8 Å². The van der Waals surface area contributed by atoms with E-state index >= 15 is 0 Å². The molecule has 0 aromatic rings. The van der Waals surface area contributed by atoms with Crippen molar-refractivity contribution in [3.8, 4) is 0 Å². The summed E-state index contributed by atoms with van der Waals surface area (Å²) in [6, 6.07) is 0.433. The van der Waals surface area contributed by atoms with E-state index < -0.39 is 0 Å². The first kappa shape index (κ1) is 17.2. The smallest absolute Gasteiger partial charge is 0.222 e. The van der Waals surface area contributed by atoms with Crippen LogP contribution in [0, 0.1) is 11.3 Å². The summed E-state index contributed by atoms with van der Waals surface area (Å²) < 4.78 is 0. The van der Waals surface area contributed by atoms with Crippen LogP contribution >= 0.6 is 0 Å². The highest BCUT2D eigenvalue weighted by Crippen LogP contribution is 2.48. The van der Waals surface area contributed by atoms with Crippen molar-refractivity contribution in [2.24, 2.45) is 11.3 Å². The van der Waals surface area contributed by atoms with Crippen molar-refractivity contribution >= 4 is 5.91 Å². The lowest BCUT2D eigenvalue weighted by atomic mass is 9.65. The lowest BCUT2D eigenvalue weighted by molar-refractivity contribution is -0.126. The first-order chi connectivity index (χ1) is 11.0. The number of likely N-dealkylation sites (tertiary alicyclic amines) is 1. The van der Waals surface area contributed by atoms with E-state index in [2.05, 4.69) is 27.1 Å². The average molecular weight is 322 g/mol. The molecule has 1 spiro atoms. The summed E-state index contributed by atoms with van der Waals surface area (Å²) >= 11 is 0. The molecule has 3 rings (SSSR count). The lowest BCUT2D eigenvalue weighted by Gasteiger charge is -2.46. The second kappa shape index (κ2) is 7.08. The molecule has 5 heteroatoms. The van der Waals surface area contributed by atoms with Crippen LogP contribution in [0.1, 0.15) is 33.1 Å². The van der Waals surface area contributed by atoms with Crippen LogP contribution < -0.4 is 5.32 Å². The van der Waals surface area contributed by atoms with E-state index in [4.69, 9.17) is 0 Å². The SMILES string of the molecule is CC(C)C(=O)NC1CC2(CCN(CCN3CCN(C)CC3)C2)C1. The number of likely N-dealkylation sites (N-methyl/N-ethyl adjacent to an activating group) is 1. The molecule has 0 aromatic heterocycles. The van der Waals surface area contributed by atoms with Gasteiger partial charge in [0.15, 0.2) is 0 Å². The normalized spacial score (nSPS) is 33.3. The van der Waals surface area contributed by atoms with E-state index in [-0.39, 0.29) is 11.8 Å². The molecular formula is C18H34N4O. The molecule has 1 aliphatic carbocycles. The number of nitrogens with zero attached hydrogens (tertiary/aromatic N) is 3. The second-order valence-electron chi connectivity index (χ2n) is 8.44. The van der Waals surface area contributed by atoms with Crippen LogP contribution in [0.4, 0.5) is 0 Å². The third-order valence-corrected chi connectivity index (χ3v) is 6.08.